The van der Waals surface area contributed by atoms with Crippen LogP contribution in [0.15, 0.2) is 58.5 Å². The molecule has 164 valence electrons. The van der Waals surface area contributed by atoms with Crippen molar-refractivity contribution in [2.24, 2.45) is 5.16 Å². The van der Waals surface area contributed by atoms with Crippen LogP contribution in [0.3, 0.4) is 0 Å². The highest BCUT2D eigenvalue weighted by Gasteiger charge is 2.32. The van der Waals surface area contributed by atoms with Crippen LogP contribution in [-0.4, -0.2) is 54.9 Å². The molecule has 1 amide bonds. The summed E-state index contributed by atoms with van der Waals surface area (Å²) in [5.74, 6) is 0.721. The average Bonchev–Trinajstić information content (AvgIpc) is 3.48. The number of hydrogen-bond donors (Lipinski definition) is 1. The van der Waals surface area contributed by atoms with Gasteiger partial charge in [-0.2, -0.15) is 0 Å². The van der Waals surface area contributed by atoms with E-state index in [0.717, 1.165) is 0 Å². The molecular weight excluding hydrogens is 419 g/mol. The lowest BCUT2D eigenvalue weighted by molar-refractivity contribution is 0.144. The number of pyridine rings is 1. The maximum atomic E-state index is 14.9. The van der Waals surface area contributed by atoms with Crippen molar-refractivity contribution in [3.8, 4) is 11.1 Å². The van der Waals surface area contributed by atoms with Gasteiger partial charge in [0.25, 0.3) is 0 Å². The standard InChI is InChI=1S/C21H19FN6O4/c22-18-9-15(28-12-16(31-21(28)29)11-24-20-5-6-25-32-20)2-3-17(18)14-1-4-19(23-10-14)27-7-8-30-26-13-27/h1-6,9-10,13,16,24H,7-8,11-12H2/t16-/m0/s1. The van der Waals surface area contributed by atoms with Crippen molar-refractivity contribution in [2.45, 2.75) is 6.10 Å². The molecule has 5 rings (SSSR count). The van der Waals surface area contributed by atoms with Gasteiger partial charge in [-0.1, -0.05) is 10.3 Å². The molecule has 0 saturated carbocycles. The van der Waals surface area contributed by atoms with Crippen molar-refractivity contribution in [3.63, 3.8) is 0 Å². The minimum absolute atomic E-state index is 0.288. The number of nitrogens with zero attached hydrogens (tertiary/aromatic N) is 5. The van der Waals surface area contributed by atoms with Gasteiger partial charge in [0.05, 0.1) is 31.5 Å². The molecule has 1 N–H and O–H groups in total. The highest BCUT2D eigenvalue weighted by atomic mass is 19.1. The van der Waals surface area contributed by atoms with Gasteiger partial charge in [0, 0.05) is 23.4 Å². The lowest BCUT2D eigenvalue weighted by Crippen LogP contribution is -2.29. The van der Waals surface area contributed by atoms with E-state index in [1.165, 1.54) is 17.2 Å². The smallest absolute Gasteiger partial charge is 0.414 e. The fourth-order valence-electron chi connectivity index (χ4n) is 3.49. The van der Waals surface area contributed by atoms with Crippen molar-refractivity contribution >= 4 is 29.8 Å². The minimum atomic E-state index is -0.528. The number of oxime groups is 1. The van der Waals surface area contributed by atoms with Gasteiger partial charge >= 0.3 is 6.09 Å². The summed E-state index contributed by atoms with van der Waals surface area (Å²) in [4.78, 5) is 24.9. The van der Waals surface area contributed by atoms with E-state index in [2.05, 4.69) is 20.6 Å². The fourth-order valence-corrected chi connectivity index (χ4v) is 3.49. The molecule has 32 heavy (non-hydrogen) atoms. The number of anilines is 3. The molecule has 3 aromatic rings. The van der Waals surface area contributed by atoms with Crippen LogP contribution in [0.1, 0.15) is 0 Å². The molecule has 0 radical (unpaired) electrons. The zero-order valence-electron chi connectivity index (χ0n) is 16.8. The molecule has 2 aromatic heterocycles. The Labute approximate surface area is 182 Å². The van der Waals surface area contributed by atoms with Gasteiger partial charge in [-0.15, -0.1) is 0 Å². The second-order valence-corrected chi connectivity index (χ2v) is 7.19. The van der Waals surface area contributed by atoms with Crippen molar-refractivity contribution in [3.05, 3.63) is 54.6 Å². The Bertz CT molecular complexity index is 1120. The molecule has 2 aliphatic heterocycles. The number of carbonyl (C=O) groups excluding carboxylic acids is 1. The third-order valence-electron chi connectivity index (χ3n) is 5.12. The third kappa shape index (κ3) is 4.04. The van der Waals surface area contributed by atoms with Crippen LogP contribution >= 0.6 is 0 Å². The Morgan fingerprint density at radius 3 is 2.88 bits per heavy atom. The van der Waals surface area contributed by atoms with Crippen molar-refractivity contribution in [1.29, 1.82) is 0 Å². The SMILES string of the molecule is O=C1O[C@@H](CNc2ccno2)CN1c1ccc(-c2ccc(N3C=NOCC3)nc2)c(F)c1. The van der Waals surface area contributed by atoms with E-state index < -0.39 is 18.0 Å². The molecule has 2 aliphatic rings. The minimum Gasteiger partial charge on any atom is -0.442 e. The van der Waals surface area contributed by atoms with Gasteiger partial charge in [0.1, 0.15) is 30.7 Å². The maximum absolute atomic E-state index is 14.9. The number of ether oxygens (including phenoxy) is 1. The van der Waals surface area contributed by atoms with E-state index in [4.69, 9.17) is 14.1 Å². The highest BCUT2D eigenvalue weighted by Crippen LogP contribution is 2.29. The molecule has 0 spiro atoms. The molecule has 0 bridgehead atoms. The maximum Gasteiger partial charge on any atom is 0.414 e. The molecule has 0 aliphatic carbocycles. The molecule has 1 aromatic carbocycles. The highest BCUT2D eigenvalue weighted by molar-refractivity contribution is 5.90. The Kier molecular flexibility index (Phi) is 5.28. The predicted octanol–water partition coefficient (Wildman–Crippen LogP) is 3.09. The zero-order chi connectivity index (χ0) is 21.9. The lowest BCUT2D eigenvalue weighted by atomic mass is 10.1. The van der Waals surface area contributed by atoms with E-state index in [1.54, 1.807) is 42.9 Å². The van der Waals surface area contributed by atoms with E-state index in [0.29, 0.717) is 48.2 Å². The van der Waals surface area contributed by atoms with Crippen molar-refractivity contribution in [1.82, 2.24) is 10.1 Å². The number of cyclic esters (lactones) is 1. The molecule has 1 fully saturated rings. The third-order valence-corrected chi connectivity index (χ3v) is 5.12. The summed E-state index contributed by atoms with van der Waals surface area (Å²) in [6.07, 6.45) is 3.74. The number of rotatable bonds is 6. The van der Waals surface area contributed by atoms with Crippen LogP contribution < -0.4 is 15.1 Å². The van der Waals surface area contributed by atoms with Gasteiger partial charge in [0.15, 0.2) is 0 Å². The van der Waals surface area contributed by atoms with Crippen molar-refractivity contribution < 1.29 is 23.3 Å². The normalized spacial score (nSPS) is 17.9. The number of aromatic nitrogens is 2. The van der Waals surface area contributed by atoms with Crippen LogP contribution in [0.25, 0.3) is 11.1 Å². The first-order valence-electron chi connectivity index (χ1n) is 9.98. The Hall–Kier alpha value is -4.15. The van der Waals surface area contributed by atoms with Gasteiger partial charge in [-0.3, -0.25) is 4.90 Å². The summed E-state index contributed by atoms with van der Waals surface area (Å²) in [6.45, 7) is 1.76. The quantitative estimate of drug-likeness (QED) is 0.626. The molecule has 0 unspecified atom stereocenters. The second-order valence-electron chi connectivity index (χ2n) is 7.19. The number of halogens is 1. The number of nitrogens with one attached hydrogen (secondary N) is 1. The topological polar surface area (TPSA) is 105 Å². The van der Waals surface area contributed by atoms with Crippen LogP contribution in [0.2, 0.25) is 0 Å². The van der Waals surface area contributed by atoms with Crippen LogP contribution in [-0.2, 0) is 9.57 Å². The second kappa shape index (κ2) is 8.53. The Morgan fingerprint density at radius 1 is 1.22 bits per heavy atom. The predicted molar refractivity (Wildman–Crippen MR) is 114 cm³/mol. The van der Waals surface area contributed by atoms with Crippen molar-refractivity contribution in [2.75, 3.05) is 41.4 Å². The zero-order valence-corrected chi connectivity index (χ0v) is 16.8. The largest absolute Gasteiger partial charge is 0.442 e. The molecule has 1 saturated heterocycles. The molecule has 1 atom stereocenters. The van der Waals surface area contributed by atoms with Gasteiger partial charge < -0.3 is 24.3 Å². The first-order valence-corrected chi connectivity index (χ1v) is 9.98. The monoisotopic (exact) mass is 438 g/mol. The fraction of sp³-hybridized carbons (Fsp3) is 0.238. The van der Waals surface area contributed by atoms with Crippen LogP contribution in [0.5, 0.6) is 0 Å². The summed E-state index contributed by atoms with van der Waals surface area (Å²) >= 11 is 0. The molecule has 10 nitrogen and oxygen atoms in total. The summed E-state index contributed by atoms with van der Waals surface area (Å²) in [5, 5.41) is 10.4. The van der Waals surface area contributed by atoms with Crippen LogP contribution in [0, 0.1) is 5.82 Å². The summed E-state index contributed by atoms with van der Waals surface area (Å²) < 4.78 is 25.2. The van der Waals surface area contributed by atoms with Gasteiger partial charge in [-0.05, 0) is 30.3 Å². The van der Waals surface area contributed by atoms with Crippen LogP contribution in [0.4, 0.5) is 26.6 Å². The average molecular weight is 438 g/mol. The number of hydrogen-bond acceptors (Lipinski definition) is 9. The summed E-state index contributed by atoms with van der Waals surface area (Å²) in [5.41, 5.74) is 1.44. The van der Waals surface area contributed by atoms with Gasteiger partial charge in [-0.25, -0.2) is 14.2 Å². The first-order chi connectivity index (χ1) is 15.7. The van der Waals surface area contributed by atoms with E-state index in [-0.39, 0.29) is 6.54 Å². The van der Waals surface area contributed by atoms with E-state index in [9.17, 15) is 9.18 Å². The number of amides is 1. The number of benzene rings is 1. The van der Waals surface area contributed by atoms with E-state index >= 15 is 0 Å². The molecular formula is C21H19FN6O4. The summed E-state index contributed by atoms with van der Waals surface area (Å²) in [6, 6.07) is 9.90. The van der Waals surface area contributed by atoms with Gasteiger partial charge in [0.2, 0.25) is 5.88 Å². The van der Waals surface area contributed by atoms with E-state index in [1.807, 2.05) is 4.90 Å². The Balaban J connectivity index is 1.27. The Morgan fingerprint density at radius 2 is 2.16 bits per heavy atom. The first kappa shape index (κ1) is 19.8. The lowest BCUT2D eigenvalue weighted by Gasteiger charge is -2.20. The number of carbonyl (C=O) groups is 1. The molecule has 4 heterocycles. The summed E-state index contributed by atoms with van der Waals surface area (Å²) in [7, 11) is 0. The molecule has 11 heteroatoms.